The van der Waals surface area contributed by atoms with Crippen molar-refractivity contribution in [3.05, 3.63) is 21.4 Å². The van der Waals surface area contributed by atoms with E-state index in [1.807, 2.05) is 6.92 Å². The number of fused-ring (bicyclic) bond motifs is 1. The van der Waals surface area contributed by atoms with Gasteiger partial charge in [-0.2, -0.15) is 0 Å². The average molecular weight is 219 g/mol. The highest BCUT2D eigenvalue weighted by atomic mass is 35.5. The quantitative estimate of drug-likeness (QED) is 0.635. The summed E-state index contributed by atoms with van der Waals surface area (Å²) in [5.41, 5.74) is 0. The van der Waals surface area contributed by atoms with Crippen LogP contribution in [0.4, 0.5) is 0 Å². The molecule has 2 rings (SSSR count). The van der Waals surface area contributed by atoms with E-state index in [0.29, 0.717) is 10.2 Å². The van der Waals surface area contributed by atoms with Crippen LogP contribution in [0.1, 0.15) is 4.88 Å². The Hall–Kier alpha value is -0.380. The van der Waals surface area contributed by atoms with Crippen LogP contribution in [0.3, 0.4) is 0 Å². The minimum atomic E-state index is 0.425. The lowest BCUT2D eigenvalue weighted by molar-refractivity contribution is 1.23. The second-order valence-electron chi connectivity index (χ2n) is 2.32. The summed E-state index contributed by atoms with van der Waals surface area (Å²) >= 11 is 13.4. The fourth-order valence-electron chi connectivity index (χ4n) is 0.977. The van der Waals surface area contributed by atoms with E-state index in [-0.39, 0.29) is 0 Å². The largest absolute Gasteiger partial charge is 0.225 e. The Morgan fingerprint density at radius 3 is 2.75 bits per heavy atom. The van der Waals surface area contributed by atoms with Crippen LogP contribution in [-0.4, -0.2) is 9.97 Å². The van der Waals surface area contributed by atoms with Gasteiger partial charge in [0, 0.05) is 4.88 Å². The number of nitrogens with zero attached hydrogens (tertiary/aromatic N) is 2. The van der Waals surface area contributed by atoms with E-state index in [4.69, 9.17) is 23.2 Å². The molecular weight excluding hydrogens is 215 g/mol. The number of aryl methyl sites for hydroxylation is 1. The molecule has 0 N–H and O–H groups in total. The van der Waals surface area contributed by atoms with Crippen molar-refractivity contribution in [1.29, 1.82) is 0 Å². The Labute approximate surface area is 83.2 Å². The van der Waals surface area contributed by atoms with Gasteiger partial charge in [0.05, 0.1) is 10.4 Å². The maximum Gasteiger partial charge on any atom is 0.142 e. The van der Waals surface area contributed by atoms with Crippen LogP contribution in [0.15, 0.2) is 6.33 Å². The van der Waals surface area contributed by atoms with Crippen molar-refractivity contribution in [2.24, 2.45) is 0 Å². The van der Waals surface area contributed by atoms with Crippen LogP contribution in [0, 0.1) is 6.92 Å². The Morgan fingerprint density at radius 2 is 2.08 bits per heavy atom. The fourth-order valence-corrected chi connectivity index (χ4v) is 2.54. The minimum Gasteiger partial charge on any atom is -0.225 e. The van der Waals surface area contributed by atoms with Gasteiger partial charge < -0.3 is 0 Å². The van der Waals surface area contributed by atoms with Gasteiger partial charge in [-0.05, 0) is 6.92 Å². The van der Waals surface area contributed by atoms with Crippen molar-refractivity contribution in [1.82, 2.24) is 9.97 Å². The first-order valence-corrected chi connectivity index (χ1v) is 4.82. The maximum absolute atomic E-state index is 5.99. The molecule has 0 fully saturated rings. The van der Waals surface area contributed by atoms with Gasteiger partial charge in [0.1, 0.15) is 16.3 Å². The Kier molecular flexibility index (Phi) is 1.94. The van der Waals surface area contributed by atoms with Crippen LogP contribution in [0.2, 0.25) is 10.2 Å². The molecule has 0 spiro atoms. The van der Waals surface area contributed by atoms with Gasteiger partial charge in [-0.3, -0.25) is 0 Å². The standard InChI is InChI=1S/C7H4Cl2N2S/c1-3-5(8)4-6(9)10-2-11-7(4)12-3/h2H,1H3. The van der Waals surface area contributed by atoms with Crippen molar-refractivity contribution >= 4 is 44.8 Å². The van der Waals surface area contributed by atoms with E-state index in [0.717, 1.165) is 15.1 Å². The first-order valence-electron chi connectivity index (χ1n) is 3.25. The second-order valence-corrected chi connectivity index (χ2v) is 4.26. The molecule has 0 unspecified atom stereocenters. The van der Waals surface area contributed by atoms with E-state index < -0.39 is 0 Å². The van der Waals surface area contributed by atoms with E-state index in [9.17, 15) is 0 Å². The summed E-state index contributed by atoms with van der Waals surface area (Å²) in [6.07, 6.45) is 1.44. The molecule has 0 aliphatic heterocycles. The molecule has 2 heterocycles. The molecule has 0 saturated carbocycles. The van der Waals surface area contributed by atoms with E-state index >= 15 is 0 Å². The zero-order valence-electron chi connectivity index (χ0n) is 6.14. The van der Waals surface area contributed by atoms with Crippen molar-refractivity contribution in [3.8, 4) is 0 Å². The summed E-state index contributed by atoms with van der Waals surface area (Å²) in [6.45, 7) is 1.94. The molecule has 0 aromatic carbocycles. The molecule has 0 aliphatic rings. The summed E-state index contributed by atoms with van der Waals surface area (Å²) in [7, 11) is 0. The van der Waals surface area contributed by atoms with E-state index in [2.05, 4.69) is 9.97 Å². The third-order valence-corrected chi connectivity index (χ3v) is 3.43. The molecule has 0 saturated heterocycles. The Balaban J connectivity index is 2.97. The predicted octanol–water partition coefficient (Wildman–Crippen LogP) is 3.31. The zero-order chi connectivity index (χ0) is 8.72. The summed E-state index contributed by atoms with van der Waals surface area (Å²) in [6, 6.07) is 0. The monoisotopic (exact) mass is 218 g/mol. The van der Waals surface area contributed by atoms with E-state index in [1.165, 1.54) is 17.7 Å². The van der Waals surface area contributed by atoms with Crippen LogP contribution in [0.25, 0.3) is 10.2 Å². The van der Waals surface area contributed by atoms with Gasteiger partial charge in [-0.1, -0.05) is 23.2 Å². The summed E-state index contributed by atoms with van der Waals surface area (Å²) in [5.74, 6) is 0. The van der Waals surface area contributed by atoms with Crippen molar-refractivity contribution in [2.75, 3.05) is 0 Å². The molecule has 5 heteroatoms. The van der Waals surface area contributed by atoms with E-state index in [1.54, 1.807) is 0 Å². The highest BCUT2D eigenvalue weighted by molar-refractivity contribution is 7.19. The van der Waals surface area contributed by atoms with Crippen molar-refractivity contribution in [2.45, 2.75) is 6.92 Å². The smallest absolute Gasteiger partial charge is 0.142 e. The van der Waals surface area contributed by atoms with Crippen molar-refractivity contribution in [3.63, 3.8) is 0 Å². The molecule has 62 valence electrons. The molecule has 2 aromatic heterocycles. The van der Waals surface area contributed by atoms with Gasteiger partial charge in [0.2, 0.25) is 0 Å². The van der Waals surface area contributed by atoms with Crippen LogP contribution in [0.5, 0.6) is 0 Å². The first kappa shape index (κ1) is 8.23. The molecule has 12 heavy (non-hydrogen) atoms. The zero-order valence-corrected chi connectivity index (χ0v) is 8.46. The Morgan fingerprint density at radius 1 is 1.33 bits per heavy atom. The lowest BCUT2D eigenvalue weighted by atomic mass is 10.4. The third-order valence-electron chi connectivity index (χ3n) is 1.54. The summed E-state index contributed by atoms with van der Waals surface area (Å²) < 4.78 is 0. The van der Waals surface area contributed by atoms with Crippen LogP contribution < -0.4 is 0 Å². The van der Waals surface area contributed by atoms with Gasteiger partial charge in [-0.15, -0.1) is 11.3 Å². The highest BCUT2D eigenvalue weighted by Crippen LogP contribution is 2.36. The number of aromatic nitrogens is 2. The maximum atomic E-state index is 5.99. The molecule has 2 aromatic rings. The first-order chi connectivity index (χ1) is 5.70. The number of rotatable bonds is 0. The van der Waals surface area contributed by atoms with Gasteiger partial charge >= 0.3 is 0 Å². The highest BCUT2D eigenvalue weighted by Gasteiger charge is 2.11. The predicted molar refractivity (Wildman–Crippen MR) is 52.2 cm³/mol. The molecule has 2 nitrogen and oxygen atoms in total. The Bertz CT molecular complexity index is 438. The number of hydrogen-bond acceptors (Lipinski definition) is 3. The van der Waals surface area contributed by atoms with Gasteiger partial charge in [0.15, 0.2) is 0 Å². The van der Waals surface area contributed by atoms with Crippen LogP contribution in [-0.2, 0) is 0 Å². The average Bonchev–Trinajstić information content (AvgIpc) is 2.29. The molecule has 0 bridgehead atoms. The van der Waals surface area contributed by atoms with Gasteiger partial charge in [0.25, 0.3) is 0 Å². The normalized spacial score (nSPS) is 10.9. The van der Waals surface area contributed by atoms with Crippen LogP contribution >= 0.6 is 34.5 Å². The second kappa shape index (κ2) is 2.83. The van der Waals surface area contributed by atoms with Gasteiger partial charge in [-0.25, -0.2) is 9.97 Å². The summed E-state index contributed by atoms with van der Waals surface area (Å²) in [4.78, 5) is 9.79. The topological polar surface area (TPSA) is 25.8 Å². The lowest BCUT2D eigenvalue weighted by Gasteiger charge is -1.90. The molecule has 0 amide bonds. The molecule has 0 radical (unpaired) electrons. The number of hydrogen-bond donors (Lipinski definition) is 0. The SMILES string of the molecule is Cc1sc2ncnc(Cl)c2c1Cl. The summed E-state index contributed by atoms with van der Waals surface area (Å²) in [5, 5.41) is 1.86. The molecule has 0 atom stereocenters. The fraction of sp³-hybridized carbons (Fsp3) is 0.143. The third kappa shape index (κ3) is 1.09. The number of halogens is 2. The van der Waals surface area contributed by atoms with Crippen molar-refractivity contribution < 1.29 is 0 Å². The lowest BCUT2D eigenvalue weighted by Crippen LogP contribution is -1.77. The molecule has 0 aliphatic carbocycles. The minimum absolute atomic E-state index is 0.425. The molecular formula is C7H4Cl2N2S. The number of thiophene rings is 1.